The van der Waals surface area contributed by atoms with Crippen molar-refractivity contribution in [2.75, 3.05) is 7.11 Å². The van der Waals surface area contributed by atoms with E-state index >= 15 is 0 Å². The molecule has 1 heterocycles. The lowest BCUT2D eigenvalue weighted by molar-refractivity contribution is 0.419. The topological polar surface area (TPSA) is 35.0 Å². The van der Waals surface area contributed by atoms with Crippen molar-refractivity contribution in [3.63, 3.8) is 0 Å². The molecule has 0 N–H and O–H groups in total. The van der Waals surface area contributed by atoms with E-state index in [1.54, 1.807) is 7.11 Å². The van der Waals surface area contributed by atoms with Crippen LogP contribution in [0.3, 0.4) is 0 Å². The van der Waals surface area contributed by atoms with E-state index in [-0.39, 0.29) is 0 Å². The molecule has 5 heteroatoms. The van der Waals surface area contributed by atoms with Crippen molar-refractivity contribution in [2.45, 2.75) is 0 Å². The molecule has 0 saturated heterocycles. The number of nitrogens with zero attached hydrogens (tertiary/aromatic N) is 2. The number of halogens is 2. The van der Waals surface area contributed by atoms with E-state index in [0.717, 1.165) is 15.4 Å². The van der Waals surface area contributed by atoms with Crippen LogP contribution in [0.5, 0.6) is 5.75 Å². The molecule has 0 bridgehead atoms. The van der Waals surface area contributed by atoms with Gasteiger partial charge in [-0.3, -0.25) is 0 Å². The lowest BCUT2D eigenvalue weighted by Crippen LogP contribution is -1.95. The van der Waals surface area contributed by atoms with Gasteiger partial charge in [-0.05, 0) is 28.1 Å². The summed E-state index contributed by atoms with van der Waals surface area (Å²) >= 11 is 9.78. The molecule has 20 heavy (non-hydrogen) atoms. The summed E-state index contributed by atoms with van der Waals surface area (Å²) in [6, 6.07) is 13.4. The third-order valence-electron chi connectivity index (χ3n) is 2.97. The molecule has 0 saturated carbocycles. The quantitative estimate of drug-likeness (QED) is 0.628. The molecular formula is C15H10BrClN2O. The molecule has 0 aliphatic rings. The highest BCUT2D eigenvalue weighted by molar-refractivity contribution is 9.10. The Morgan fingerprint density at radius 3 is 2.50 bits per heavy atom. The standard InChI is InChI=1S/C15H10BrClN2O/c1-20-11-8-7-10(16)12-13(11)18-15(19-14(12)17)9-5-3-2-4-6-9/h2-8H,1H3. The minimum atomic E-state index is 0.402. The molecule has 0 aliphatic heterocycles. The number of aromatic nitrogens is 2. The van der Waals surface area contributed by atoms with E-state index in [1.165, 1.54) is 0 Å². The Hall–Kier alpha value is -1.65. The van der Waals surface area contributed by atoms with Crippen LogP contribution in [-0.2, 0) is 0 Å². The summed E-state index contributed by atoms with van der Waals surface area (Å²) in [4.78, 5) is 8.96. The molecular weight excluding hydrogens is 340 g/mol. The van der Waals surface area contributed by atoms with Gasteiger partial charge in [0.15, 0.2) is 5.82 Å². The van der Waals surface area contributed by atoms with Gasteiger partial charge in [0, 0.05) is 10.0 Å². The lowest BCUT2D eigenvalue weighted by Gasteiger charge is -2.09. The van der Waals surface area contributed by atoms with Gasteiger partial charge in [0.05, 0.1) is 12.5 Å². The second kappa shape index (κ2) is 5.38. The molecule has 0 atom stereocenters. The van der Waals surface area contributed by atoms with Crippen molar-refractivity contribution in [1.82, 2.24) is 9.97 Å². The maximum absolute atomic E-state index is 6.31. The number of hydrogen-bond acceptors (Lipinski definition) is 3. The Morgan fingerprint density at radius 2 is 1.80 bits per heavy atom. The number of methoxy groups -OCH3 is 1. The Bertz CT molecular complexity index is 778. The van der Waals surface area contributed by atoms with Crippen molar-refractivity contribution in [3.8, 4) is 17.1 Å². The molecule has 3 aromatic rings. The fourth-order valence-corrected chi connectivity index (χ4v) is 2.91. The Morgan fingerprint density at radius 1 is 1.05 bits per heavy atom. The molecule has 0 unspecified atom stereocenters. The van der Waals surface area contributed by atoms with Crippen LogP contribution >= 0.6 is 27.5 Å². The van der Waals surface area contributed by atoms with E-state index in [4.69, 9.17) is 16.3 Å². The number of fused-ring (bicyclic) bond motifs is 1. The molecule has 3 nitrogen and oxygen atoms in total. The summed E-state index contributed by atoms with van der Waals surface area (Å²) in [6.45, 7) is 0. The van der Waals surface area contributed by atoms with Gasteiger partial charge < -0.3 is 4.74 Å². The van der Waals surface area contributed by atoms with Gasteiger partial charge in [-0.2, -0.15) is 0 Å². The Kier molecular flexibility index (Phi) is 3.59. The van der Waals surface area contributed by atoms with E-state index in [9.17, 15) is 0 Å². The van der Waals surface area contributed by atoms with E-state index in [2.05, 4.69) is 25.9 Å². The molecule has 0 amide bonds. The van der Waals surface area contributed by atoms with Crippen molar-refractivity contribution in [1.29, 1.82) is 0 Å². The van der Waals surface area contributed by atoms with Gasteiger partial charge in [0.2, 0.25) is 0 Å². The number of ether oxygens (including phenoxy) is 1. The fourth-order valence-electron chi connectivity index (χ4n) is 2.02. The third-order valence-corrected chi connectivity index (χ3v) is 3.90. The van der Waals surface area contributed by atoms with Gasteiger partial charge in [0.25, 0.3) is 0 Å². The molecule has 2 aromatic carbocycles. The van der Waals surface area contributed by atoms with Crippen LogP contribution in [0.4, 0.5) is 0 Å². The van der Waals surface area contributed by atoms with E-state index in [0.29, 0.717) is 22.2 Å². The predicted molar refractivity (Wildman–Crippen MR) is 84.2 cm³/mol. The first-order chi connectivity index (χ1) is 9.70. The maximum Gasteiger partial charge on any atom is 0.161 e. The van der Waals surface area contributed by atoms with Gasteiger partial charge in [-0.25, -0.2) is 9.97 Å². The van der Waals surface area contributed by atoms with Gasteiger partial charge in [0.1, 0.15) is 16.4 Å². The average molecular weight is 350 g/mol. The summed E-state index contributed by atoms with van der Waals surface area (Å²) in [5.74, 6) is 1.25. The summed E-state index contributed by atoms with van der Waals surface area (Å²) in [5.41, 5.74) is 1.61. The second-order valence-corrected chi connectivity index (χ2v) is 5.39. The van der Waals surface area contributed by atoms with Crippen molar-refractivity contribution < 1.29 is 4.74 Å². The van der Waals surface area contributed by atoms with E-state index in [1.807, 2.05) is 42.5 Å². The average Bonchev–Trinajstić information content (AvgIpc) is 2.48. The molecule has 0 aliphatic carbocycles. The van der Waals surface area contributed by atoms with E-state index < -0.39 is 0 Å². The first kappa shape index (κ1) is 13.3. The van der Waals surface area contributed by atoms with Crippen LogP contribution in [0.1, 0.15) is 0 Å². The zero-order chi connectivity index (χ0) is 14.1. The van der Waals surface area contributed by atoms with Gasteiger partial charge in [-0.1, -0.05) is 41.9 Å². The first-order valence-corrected chi connectivity index (χ1v) is 7.13. The highest BCUT2D eigenvalue weighted by atomic mass is 79.9. The highest BCUT2D eigenvalue weighted by Gasteiger charge is 2.14. The van der Waals surface area contributed by atoms with Crippen LogP contribution in [0.2, 0.25) is 5.15 Å². The smallest absolute Gasteiger partial charge is 0.161 e. The number of benzene rings is 2. The van der Waals surface area contributed by atoms with Crippen molar-refractivity contribution >= 4 is 38.4 Å². The molecule has 0 radical (unpaired) electrons. The minimum Gasteiger partial charge on any atom is -0.494 e. The molecule has 0 spiro atoms. The summed E-state index contributed by atoms with van der Waals surface area (Å²) in [7, 11) is 1.61. The zero-order valence-electron chi connectivity index (χ0n) is 10.6. The second-order valence-electron chi connectivity index (χ2n) is 4.18. The van der Waals surface area contributed by atoms with Crippen molar-refractivity contribution in [3.05, 3.63) is 52.1 Å². The molecule has 3 rings (SSSR count). The lowest BCUT2D eigenvalue weighted by atomic mass is 10.2. The van der Waals surface area contributed by atoms with Crippen LogP contribution < -0.4 is 4.74 Å². The minimum absolute atomic E-state index is 0.402. The highest BCUT2D eigenvalue weighted by Crippen LogP contribution is 2.35. The SMILES string of the molecule is COc1ccc(Br)c2c(Cl)nc(-c3ccccc3)nc12. The van der Waals surface area contributed by atoms with Gasteiger partial charge >= 0.3 is 0 Å². The Labute approximate surface area is 129 Å². The first-order valence-electron chi connectivity index (χ1n) is 5.96. The van der Waals surface area contributed by atoms with Crippen LogP contribution in [0.15, 0.2) is 46.9 Å². The van der Waals surface area contributed by atoms with Crippen LogP contribution in [0.25, 0.3) is 22.3 Å². The third kappa shape index (κ3) is 2.25. The van der Waals surface area contributed by atoms with Crippen LogP contribution in [0, 0.1) is 0 Å². The predicted octanol–water partition coefficient (Wildman–Crippen LogP) is 4.72. The van der Waals surface area contributed by atoms with Gasteiger partial charge in [-0.15, -0.1) is 0 Å². The fraction of sp³-hybridized carbons (Fsp3) is 0.0667. The molecule has 100 valence electrons. The normalized spacial score (nSPS) is 10.8. The monoisotopic (exact) mass is 348 g/mol. The maximum atomic E-state index is 6.31. The zero-order valence-corrected chi connectivity index (χ0v) is 12.9. The van der Waals surface area contributed by atoms with Crippen molar-refractivity contribution in [2.24, 2.45) is 0 Å². The van der Waals surface area contributed by atoms with Crippen LogP contribution in [-0.4, -0.2) is 17.1 Å². The summed E-state index contributed by atoms with van der Waals surface area (Å²) in [6.07, 6.45) is 0. The number of rotatable bonds is 2. The number of hydrogen-bond donors (Lipinski definition) is 0. The summed E-state index contributed by atoms with van der Waals surface area (Å²) < 4.78 is 6.20. The summed E-state index contributed by atoms with van der Waals surface area (Å²) in [5, 5.41) is 1.16. The molecule has 0 fully saturated rings. The molecule has 1 aromatic heterocycles. The Balaban J connectivity index is 2.33. The largest absolute Gasteiger partial charge is 0.494 e.